The number of amides is 6. The SMILES string of the molecule is C/C=C\C(=O)N(C=O)C1C(N2C(=O)C=CC2=O)C(C2CCCC2)C1N(C(C)=O)C(=O)CC. The molecule has 9 heteroatoms. The number of carbonyl (C=O) groups is 6. The third-order valence-corrected chi connectivity index (χ3v) is 6.78. The van der Waals surface area contributed by atoms with E-state index in [1.54, 1.807) is 13.8 Å². The molecular weight excluding hydrogens is 414 g/mol. The zero-order chi connectivity index (χ0) is 23.6. The summed E-state index contributed by atoms with van der Waals surface area (Å²) >= 11 is 0. The lowest BCUT2D eigenvalue weighted by Crippen LogP contribution is -2.79. The van der Waals surface area contributed by atoms with Gasteiger partial charge >= 0.3 is 0 Å². The summed E-state index contributed by atoms with van der Waals surface area (Å²) in [6.07, 6.45) is 9.00. The Labute approximate surface area is 187 Å². The first kappa shape index (κ1) is 23.6. The van der Waals surface area contributed by atoms with Gasteiger partial charge in [-0.1, -0.05) is 38.7 Å². The molecule has 0 aromatic heterocycles. The highest BCUT2D eigenvalue weighted by molar-refractivity contribution is 6.13. The van der Waals surface area contributed by atoms with Crippen LogP contribution < -0.4 is 0 Å². The van der Waals surface area contributed by atoms with Crippen molar-refractivity contribution in [3.8, 4) is 0 Å². The largest absolute Gasteiger partial charge is 0.278 e. The minimum absolute atomic E-state index is 0.0549. The number of imide groups is 3. The summed E-state index contributed by atoms with van der Waals surface area (Å²) in [6, 6.07) is -2.60. The third-order valence-electron chi connectivity index (χ3n) is 6.78. The van der Waals surface area contributed by atoms with Crippen LogP contribution >= 0.6 is 0 Å². The molecule has 3 aliphatic rings. The molecule has 0 bridgehead atoms. The van der Waals surface area contributed by atoms with Gasteiger partial charge in [-0.05, 0) is 18.9 Å². The van der Waals surface area contributed by atoms with Crippen molar-refractivity contribution in [2.24, 2.45) is 11.8 Å². The highest BCUT2D eigenvalue weighted by atomic mass is 16.2. The molecule has 0 aromatic carbocycles. The maximum Gasteiger partial charge on any atom is 0.253 e. The van der Waals surface area contributed by atoms with Gasteiger partial charge in [0.2, 0.25) is 18.2 Å². The van der Waals surface area contributed by atoms with Gasteiger partial charge in [0.25, 0.3) is 17.7 Å². The molecule has 0 radical (unpaired) electrons. The molecule has 0 aromatic rings. The average Bonchev–Trinajstić information content (AvgIpc) is 3.38. The summed E-state index contributed by atoms with van der Waals surface area (Å²) < 4.78 is 0. The quantitative estimate of drug-likeness (QED) is 0.332. The van der Waals surface area contributed by atoms with Crippen LogP contribution in [0.3, 0.4) is 0 Å². The van der Waals surface area contributed by atoms with Crippen molar-refractivity contribution in [2.75, 3.05) is 0 Å². The number of carbonyl (C=O) groups excluding carboxylic acids is 6. The smallest absolute Gasteiger partial charge is 0.253 e. The predicted molar refractivity (Wildman–Crippen MR) is 113 cm³/mol. The predicted octanol–water partition coefficient (Wildman–Crippen LogP) is 1.18. The van der Waals surface area contributed by atoms with Crippen LogP contribution in [0, 0.1) is 11.8 Å². The van der Waals surface area contributed by atoms with Crippen molar-refractivity contribution in [3.63, 3.8) is 0 Å². The molecule has 4 atom stereocenters. The van der Waals surface area contributed by atoms with Crippen LogP contribution in [0.15, 0.2) is 24.3 Å². The molecule has 0 saturated heterocycles. The number of nitrogens with zero attached hydrogens (tertiary/aromatic N) is 3. The standard InChI is InChI=1S/C23H29N3O6/c1-4-8-17(30)24(13-27)23-21(25(14(3)28)16(29)5-2)20(15-9-6-7-10-15)22(23)26-18(31)11-12-19(26)32/h4,8,11-13,15,20-23H,5-7,9-10H2,1-3H3/b8-4-. The van der Waals surface area contributed by atoms with E-state index in [2.05, 4.69) is 0 Å². The molecule has 0 N–H and O–H groups in total. The topological polar surface area (TPSA) is 112 Å². The highest BCUT2D eigenvalue weighted by Gasteiger charge is 2.64. The Morgan fingerprint density at radius 2 is 1.69 bits per heavy atom. The first-order valence-corrected chi connectivity index (χ1v) is 11.1. The lowest BCUT2D eigenvalue weighted by molar-refractivity contribution is -0.179. The summed E-state index contributed by atoms with van der Waals surface area (Å²) in [6.45, 7) is 4.53. The van der Waals surface area contributed by atoms with Gasteiger partial charge in [-0.2, -0.15) is 0 Å². The number of allylic oxidation sites excluding steroid dienone is 1. The van der Waals surface area contributed by atoms with E-state index in [1.165, 1.54) is 19.1 Å². The van der Waals surface area contributed by atoms with E-state index in [0.29, 0.717) is 6.41 Å². The third kappa shape index (κ3) is 3.91. The molecule has 9 nitrogen and oxygen atoms in total. The minimum Gasteiger partial charge on any atom is -0.278 e. The number of hydrogen-bond acceptors (Lipinski definition) is 6. The van der Waals surface area contributed by atoms with Gasteiger partial charge in [0.05, 0.1) is 18.1 Å². The second-order valence-corrected chi connectivity index (χ2v) is 8.46. The van der Waals surface area contributed by atoms with Gasteiger partial charge in [-0.25, -0.2) is 0 Å². The average molecular weight is 444 g/mol. The van der Waals surface area contributed by atoms with Gasteiger partial charge in [-0.3, -0.25) is 43.5 Å². The van der Waals surface area contributed by atoms with Crippen LogP contribution in [0.25, 0.3) is 0 Å². The summed E-state index contributed by atoms with van der Waals surface area (Å²) in [4.78, 5) is 78.5. The van der Waals surface area contributed by atoms with Gasteiger partial charge in [-0.15, -0.1) is 0 Å². The Hall–Kier alpha value is -3.10. The second-order valence-electron chi connectivity index (χ2n) is 8.46. The van der Waals surface area contributed by atoms with E-state index in [1.807, 2.05) is 0 Å². The van der Waals surface area contributed by atoms with Gasteiger partial charge in [0.1, 0.15) is 0 Å². The highest BCUT2D eigenvalue weighted by Crippen LogP contribution is 2.49. The van der Waals surface area contributed by atoms with Gasteiger partial charge in [0.15, 0.2) is 0 Å². The zero-order valence-electron chi connectivity index (χ0n) is 18.6. The number of rotatable bonds is 7. The van der Waals surface area contributed by atoms with Crippen LogP contribution in [-0.4, -0.2) is 68.8 Å². The molecular formula is C23H29N3O6. The molecule has 2 aliphatic carbocycles. The molecule has 32 heavy (non-hydrogen) atoms. The fourth-order valence-corrected chi connectivity index (χ4v) is 5.52. The molecule has 4 unspecified atom stereocenters. The first-order valence-electron chi connectivity index (χ1n) is 11.1. The molecule has 1 heterocycles. The van der Waals surface area contributed by atoms with Crippen molar-refractivity contribution in [1.29, 1.82) is 0 Å². The Kier molecular flexibility index (Phi) is 7.06. The number of hydrogen-bond donors (Lipinski definition) is 0. The summed E-state index contributed by atoms with van der Waals surface area (Å²) in [5.41, 5.74) is 0. The summed E-state index contributed by atoms with van der Waals surface area (Å²) in [5.74, 6) is -2.94. The van der Waals surface area contributed by atoms with Crippen molar-refractivity contribution >= 4 is 35.9 Å². The van der Waals surface area contributed by atoms with E-state index in [-0.39, 0.29) is 12.3 Å². The molecule has 2 saturated carbocycles. The monoisotopic (exact) mass is 443 g/mol. The van der Waals surface area contributed by atoms with Crippen LogP contribution in [0.5, 0.6) is 0 Å². The minimum atomic E-state index is -1.01. The van der Waals surface area contributed by atoms with E-state index in [4.69, 9.17) is 0 Å². The van der Waals surface area contributed by atoms with Crippen molar-refractivity contribution in [3.05, 3.63) is 24.3 Å². The van der Waals surface area contributed by atoms with E-state index in [0.717, 1.165) is 52.5 Å². The Balaban J connectivity index is 2.14. The lowest BCUT2D eigenvalue weighted by atomic mass is 9.61. The van der Waals surface area contributed by atoms with Crippen molar-refractivity contribution in [2.45, 2.75) is 71.0 Å². The van der Waals surface area contributed by atoms with Crippen molar-refractivity contribution in [1.82, 2.24) is 14.7 Å². The van der Waals surface area contributed by atoms with Crippen molar-refractivity contribution < 1.29 is 28.8 Å². The molecule has 3 rings (SSSR count). The van der Waals surface area contributed by atoms with Gasteiger partial charge in [0, 0.05) is 31.4 Å². The van der Waals surface area contributed by atoms with E-state index < -0.39 is 53.6 Å². The molecule has 0 spiro atoms. The summed E-state index contributed by atoms with van der Waals surface area (Å²) in [5, 5.41) is 0. The van der Waals surface area contributed by atoms with Crippen LogP contribution in [-0.2, 0) is 28.8 Å². The fraction of sp³-hybridized carbons (Fsp3) is 0.565. The van der Waals surface area contributed by atoms with Crippen LogP contribution in [0.1, 0.15) is 52.9 Å². The van der Waals surface area contributed by atoms with E-state index >= 15 is 0 Å². The zero-order valence-corrected chi connectivity index (χ0v) is 18.6. The van der Waals surface area contributed by atoms with Crippen LogP contribution in [0.2, 0.25) is 0 Å². The molecule has 1 aliphatic heterocycles. The first-order chi connectivity index (χ1) is 15.3. The summed E-state index contributed by atoms with van der Waals surface area (Å²) in [7, 11) is 0. The maximum absolute atomic E-state index is 12.8. The van der Waals surface area contributed by atoms with Gasteiger partial charge < -0.3 is 0 Å². The fourth-order valence-electron chi connectivity index (χ4n) is 5.52. The molecule has 2 fully saturated rings. The molecule has 6 amide bonds. The Morgan fingerprint density at radius 1 is 1.09 bits per heavy atom. The van der Waals surface area contributed by atoms with Crippen LogP contribution in [0.4, 0.5) is 0 Å². The van der Waals surface area contributed by atoms with E-state index in [9.17, 15) is 28.8 Å². The lowest BCUT2D eigenvalue weighted by Gasteiger charge is -2.60. The maximum atomic E-state index is 12.8. The molecule has 172 valence electrons. The normalized spacial score (nSPS) is 27.7. The second kappa shape index (κ2) is 9.58. The Bertz CT molecular complexity index is 870. The Morgan fingerprint density at radius 3 is 2.16 bits per heavy atom.